The number of carbonyl (C=O) groups excluding carboxylic acids is 3. The summed E-state index contributed by atoms with van der Waals surface area (Å²) in [5, 5.41) is 0. The lowest BCUT2D eigenvalue weighted by Crippen LogP contribution is -2.28. The second-order valence-electron chi connectivity index (χ2n) is 10.0. The lowest BCUT2D eigenvalue weighted by atomic mass is 9.95. The summed E-state index contributed by atoms with van der Waals surface area (Å²) in [5.74, 6) is -0.288. The van der Waals surface area contributed by atoms with Gasteiger partial charge in [-0.2, -0.15) is 0 Å². The van der Waals surface area contributed by atoms with Gasteiger partial charge in [0.25, 0.3) is 0 Å². The van der Waals surface area contributed by atoms with E-state index in [1.165, 1.54) is 18.2 Å². The third-order valence-electron chi connectivity index (χ3n) is 6.72. The maximum atomic E-state index is 12.3. The maximum absolute atomic E-state index is 12.3. The van der Waals surface area contributed by atoms with Crippen LogP contribution in [0, 0.1) is 0 Å². The van der Waals surface area contributed by atoms with Crippen LogP contribution in [0.25, 0.3) is 6.08 Å². The molecule has 0 unspecified atom stereocenters. The molecule has 41 heavy (non-hydrogen) atoms. The molecule has 0 atom stereocenters. The molecular formula is C33H46O8. The Kier molecular flexibility index (Phi) is 17.6. The first kappa shape index (κ1) is 33.8. The van der Waals surface area contributed by atoms with E-state index in [2.05, 4.69) is 13.2 Å². The van der Waals surface area contributed by atoms with Crippen LogP contribution in [0.3, 0.4) is 0 Å². The Morgan fingerprint density at radius 1 is 0.659 bits per heavy atom. The SMILES string of the molecule is C=CC(=O)OCCCCCCOc1ccc(/C=C\C(=O)OC2CCC(OCCCCCCOC(=O)C=C)CC2)cc1. The zero-order chi connectivity index (χ0) is 29.5. The fraction of sp³-hybridized carbons (Fsp3) is 0.545. The van der Waals surface area contributed by atoms with Gasteiger partial charge in [0.1, 0.15) is 11.9 Å². The second-order valence-corrected chi connectivity index (χ2v) is 10.0. The number of ether oxygens (including phenoxy) is 5. The summed E-state index contributed by atoms with van der Waals surface area (Å²) in [6, 6.07) is 7.60. The van der Waals surface area contributed by atoms with Crippen molar-refractivity contribution in [3.8, 4) is 5.75 Å². The van der Waals surface area contributed by atoms with Gasteiger partial charge in [-0.05, 0) is 94.4 Å². The minimum Gasteiger partial charge on any atom is -0.494 e. The number of hydrogen-bond acceptors (Lipinski definition) is 8. The van der Waals surface area contributed by atoms with E-state index in [1.54, 1.807) is 6.08 Å². The van der Waals surface area contributed by atoms with Gasteiger partial charge in [-0.3, -0.25) is 0 Å². The van der Waals surface area contributed by atoms with Gasteiger partial charge in [0.2, 0.25) is 0 Å². The van der Waals surface area contributed by atoms with Gasteiger partial charge in [0.15, 0.2) is 0 Å². The molecule has 0 N–H and O–H groups in total. The van der Waals surface area contributed by atoms with Crippen molar-refractivity contribution in [2.45, 2.75) is 89.3 Å². The number of hydrogen-bond donors (Lipinski definition) is 0. The third kappa shape index (κ3) is 16.5. The molecule has 1 fully saturated rings. The Morgan fingerprint density at radius 3 is 1.73 bits per heavy atom. The quantitative estimate of drug-likeness (QED) is 0.0712. The molecule has 0 bridgehead atoms. The molecule has 0 spiro atoms. The zero-order valence-corrected chi connectivity index (χ0v) is 24.3. The van der Waals surface area contributed by atoms with Crippen LogP contribution in [0.15, 0.2) is 55.7 Å². The van der Waals surface area contributed by atoms with Crippen LogP contribution >= 0.6 is 0 Å². The third-order valence-corrected chi connectivity index (χ3v) is 6.72. The van der Waals surface area contributed by atoms with E-state index in [-0.39, 0.29) is 30.1 Å². The Labute approximate surface area is 244 Å². The van der Waals surface area contributed by atoms with Crippen LogP contribution < -0.4 is 4.74 Å². The smallest absolute Gasteiger partial charge is 0.331 e. The highest BCUT2D eigenvalue weighted by Gasteiger charge is 2.23. The van der Waals surface area contributed by atoms with Crippen LogP contribution in [-0.4, -0.2) is 56.5 Å². The van der Waals surface area contributed by atoms with Crippen molar-refractivity contribution >= 4 is 24.0 Å². The molecule has 0 amide bonds. The molecule has 1 aliphatic carbocycles. The first-order chi connectivity index (χ1) is 20.0. The molecule has 226 valence electrons. The molecule has 1 aromatic rings. The van der Waals surface area contributed by atoms with Crippen molar-refractivity contribution in [2.75, 3.05) is 26.4 Å². The lowest BCUT2D eigenvalue weighted by Gasteiger charge is -2.28. The van der Waals surface area contributed by atoms with Gasteiger partial charge >= 0.3 is 17.9 Å². The average Bonchev–Trinajstić information content (AvgIpc) is 2.99. The monoisotopic (exact) mass is 570 g/mol. The number of esters is 3. The maximum Gasteiger partial charge on any atom is 0.331 e. The highest BCUT2D eigenvalue weighted by atomic mass is 16.5. The predicted molar refractivity (Wildman–Crippen MR) is 158 cm³/mol. The fourth-order valence-corrected chi connectivity index (χ4v) is 4.38. The number of benzene rings is 1. The average molecular weight is 571 g/mol. The number of carbonyl (C=O) groups is 3. The highest BCUT2D eigenvalue weighted by molar-refractivity contribution is 5.87. The molecule has 2 rings (SSSR count). The molecule has 1 saturated carbocycles. The summed E-state index contributed by atoms with van der Waals surface area (Å²) in [5.41, 5.74) is 0.901. The van der Waals surface area contributed by atoms with Crippen molar-refractivity contribution in [1.29, 1.82) is 0 Å². The highest BCUT2D eigenvalue weighted by Crippen LogP contribution is 2.24. The van der Waals surface area contributed by atoms with Gasteiger partial charge in [0.05, 0.1) is 25.9 Å². The van der Waals surface area contributed by atoms with Crippen molar-refractivity contribution < 1.29 is 38.1 Å². The van der Waals surface area contributed by atoms with Crippen LogP contribution in [0.5, 0.6) is 5.75 Å². The first-order valence-electron chi connectivity index (χ1n) is 14.8. The lowest BCUT2D eigenvalue weighted by molar-refractivity contribution is -0.146. The van der Waals surface area contributed by atoms with E-state index in [0.717, 1.165) is 95.0 Å². The standard InChI is InChI=1S/C33H46O8/c1-3-31(34)39-25-11-7-5-9-23-37-28-16-13-27(14-17-28)15-22-33(36)41-30-20-18-29(19-21-30)38-24-10-6-8-12-26-40-32(35)4-2/h3-4,13-17,22,29-30H,1-2,5-12,18-21,23-26H2/b22-15-. The second kappa shape index (κ2) is 21.4. The summed E-state index contributed by atoms with van der Waals surface area (Å²) in [7, 11) is 0. The van der Waals surface area contributed by atoms with Gasteiger partial charge in [-0.15, -0.1) is 0 Å². The van der Waals surface area contributed by atoms with E-state index >= 15 is 0 Å². The molecule has 8 nitrogen and oxygen atoms in total. The van der Waals surface area contributed by atoms with E-state index in [9.17, 15) is 14.4 Å². The van der Waals surface area contributed by atoms with Crippen molar-refractivity contribution in [3.05, 3.63) is 61.2 Å². The minimum atomic E-state index is -0.379. The van der Waals surface area contributed by atoms with Crippen LogP contribution in [-0.2, 0) is 33.3 Å². The Balaban J connectivity index is 1.50. The van der Waals surface area contributed by atoms with Gasteiger partial charge in [-0.1, -0.05) is 31.7 Å². The fourth-order valence-electron chi connectivity index (χ4n) is 4.38. The molecule has 0 saturated heterocycles. The summed E-state index contributed by atoms with van der Waals surface area (Å²) in [4.78, 5) is 34.2. The summed E-state index contributed by atoms with van der Waals surface area (Å²) < 4.78 is 27.3. The largest absolute Gasteiger partial charge is 0.494 e. The molecule has 0 heterocycles. The molecule has 8 heteroatoms. The van der Waals surface area contributed by atoms with Gasteiger partial charge in [0, 0.05) is 24.8 Å². The molecule has 1 aliphatic rings. The van der Waals surface area contributed by atoms with Crippen molar-refractivity contribution in [2.24, 2.45) is 0 Å². The minimum absolute atomic E-state index is 0.0665. The number of unbranched alkanes of at least 4 members (excludes halogenated alkanes) is 6. The van der Waals surface area contributed by atoms with Gasteiger partial charge < -0.3 is 23.7 Å². The topological polar surface area (TPSA) is 97.4 Å². The molecule has 0 aromatic heterocycles. The summed E-state index contributed by atoms with van der Waals surface area (Å²) >= 11 is 0. The first-order valence-corrected chi connectivity index (χ1v) is 14.8. The Hall–Kier alpha value is -3.39. The van der Waals surface area contributed by atoms with Crippen LogP contribution in [0.4, 0.5) is 0 Å². The Morgan fingerprint density at radius 2 is 1.17 bits per heavy atom. The van der Waals surface area contributed by atoms with Crippen molar-refractivity contribution in [3.63, 3.8) is 0 Å². The summed E-state index contributed by atoms with van der Waals surface area (Å²) in [6.07, 6.45) is 16.8. The van der Waals surface area contributed by atoms with E-state index < -0.39 is 0 Å². The molecule has 0 aliphatic heterocycles. The van der Waals surface area contributed by atoms with E-state index in [1.807, 2.05) is 24.3 Å². The normalized spacial score (nSPS) is 16.6. The predicted octanol–water partition coefficient (Wildman–Crippen LogP) is 6.53. The Bertz CT molecular complexity index is 944. The van der Waals surface area contributed by atoms with Gasteiger partial charge in [-0.25, -0.2) is 14.4 Å². The van der Waals surface area contributed by atoms with Crippen LogP contribution in [0.1, 0.15) is 82.6 Å². The zero-order valence-electron chi connectivity index (χ0n) is 24.3. The summed E-state index contributed by atoms with van der Waals surface area (Å²) in [6.45, 7) is 8.95. The molecule has 1 aromatic carbocycles. The van der Waals surface area contributed by atoms with E-state index in [4.69, 9.17) is 23.7 Å². The molecule has 0 radical (unpaired) electrons. The van der Waals surface area contributed by atoms with Crippen molar-refractivity contribution in [1.82, 2.24) is 0 Å². The molecular weight excluding hydrogens is 524 g/mol. The van der Waals surface area contributed by atoms with Crippen LogP contribution in [0.2, 0.25) is 0 Å². The van der Waals surface area contributed by atoms with E-state index in [0.29, 0.717) is 19.8 Å². The number of rotatable bonds is 21.